The van der Waals surface area contributed by atoms with Crippen molar-refractivity contribution in [3.8, 4) is 5.75 Å². The molecule has 0 radical (unpaired) electrons. The Labute approximate surface area is 214 Å². The Balaban J connectivity index is 1.78. The van der Waals surface area contributed by atoms with Crippen molar-refractivity contribution in [2.24, 2.45) is 0 Å². The Hall–Kier alpha value is -3.36. The first-order valence-corrected chi connectivity index (χ1v) is 12.6. The van der Waals surface area contributed by atoms with Crippen molar-refractivity contribution >= 4 is 34.3 Å². The topological polar surface area (TPSA) is 70.2 Å². The first-order valence-electron chi connectivity index (χ1n) is 11.1. The van der Waals surface area contributed by atoms with Gasteiger partial charge in [-0.25, -0.2) is 14.0 Å². The molecule has 4 rings (SSSR count). The molecular weight excluding hydrogens is 547 g/mol. The van der Waals surface area contributed by atoms with Crippen LogP contribution in [0, 0.1) is 5.82 Å². The van der Waals surface area contributed by atoms with E-state index in [1.54, 1.807) is 0 Å². The molecule has 2 heterocycles. The predicted molar refractivity (Wildman–Crippen MR) is 123 cm³/mol. The molecule has 206 valence electrons. The van der Waals surface area contributed by atoms with E-state index in [1.807, 2.05) is 0 Å². The van der Waals surface area contributed by atoms with Crippen LogP contribution in [0.5, 0.6) is 5.75 Å². The van der Waals surface area contributed by atoms with Gasteiger partial charge in [-0.15, -0.1) is 0 Å². The average Bonchev–Trinajstić information content (AvgIpc) is 3.42. The van der Waals surface area contributed by atoms with Crippen molar-refractivity contribution in [3.05, 3.63) is 53.3 Å². The van der Waals surface area contributed by atoms with E-state index < -0.39 is 69.7 Å². The van der Waals surface area contributed by atoms with Crippen LogP contribution >= 0.6 is 0 Å². The molecule has 2 aliphatic rings. The molecule has 2 aromatic rings. The quantitative estimate of drug-likeness (QED) is 0.473. The fourth-order valence-electron chi connectivity index (χ4n) is 4.23. The number of benzene rings is 2. The molecular formula is C23H20F7N3O4S. The number of ether oxygens (including phenoxy) is 1. The second-order valence-electron chi connectivity index (χ2n) is 8.65. The van der Waals surface area contributed by atoms with Gasteiger partial charge in [-0.2, -0.15) is 26.3 Å². The third kappa shape index (κ3) is 5.56. The van der Waals surface area contributed by atoms with Crippen molar-refractivity contribution in [1.82, 2.24) is 4.90 Å². The Morgan fingerprint density at radius 1 is 1.05 bits per heavy atom. The standard InChI is InChI=1S/C23H20F7N3O4S/c1-31(15-4-2-14(24)3-5-15)21(35)37-19-17(23(28,29)30)10-13(22(25,26)27)11-18(19)33-8-7-32(20(33)34)16-6-9-38(36)12-16/h2-5,10-11,16H,6-9,12H2,1H3. The van der Waals surface area contributed by atoms with Crippen molar-refractivity contribution in [2.45, 2.75) is 24.8 Å². The van der Waals surface area contributed by atoms with Gasteiger partial charge in [0.15, 0.2) is 5.75 Å². The molecule has 2 saturated heterocycles. The molecule has 2 atom stereocenters. The van der Waals surface area contributed by atoms with Gasteiger partial charge in [-0.3, -0.25) is 14.0 Å². The Bertz CT molecular complexity index is 1270. The van der Waals surface area contributed by atoms with Crippen LogP contribution in [0.1, 0.15) is 17.5 Å². The summed E-state index contributed by atoms with van der Waals surface area (Å²) in [6, 6.07) is 2.99. The molecule has 0 saturated carbocycles. The molecule has 2 unspecified atom stereocenters. The normalized spacial score (nSPS) is 20.3. The van der Waals surface area contributed by atoms with Gasteiger partial charge >= 0.3 is 24.5 Å². The van der Waals surface area contributed by atoms with Crippen molar-refractivity contribution in [3.63, 3.8) is 0 Å². The molecule has 0 aromatic heterocycles. The number of rotatable bonds is 4. The Kier molecular flexibility index (Phi) is 7.34. The van der Waals surface area contributed by atoms with Gasteiger partial charge in [0.25, 0.3) is 0 Å². The first-order chi connectivity index (χ1) is 17.7. The second-order valence-corrected chi connectivity index (χ2v) is 10.3. The zero-order valence-corrected chi connectivity index (χ0v) is 20.4. The summed E-state index contributed by atoms with van der Waals surface area (Å²) in [6.07, 6.45) is -11.7. The lowest BCUT2D eigenvalue weighted by molar-refractivity contribution is -0.143. The van der Waals surface area contributed by atoms with E-state index in [0.717, 1.165) is 36.2 Å². The minimum Gasteiger partial charge on any atom is -0.407 e. The maximum absolute atomic E-state index is 14.0. The van der Waals surface area contributed by atoms with E-state index in [2.05, 4.69) is 0 Å². The van der Waals surface area contributed by atoms with Gasteiger partial charge in [-0.05, 0) is 42.8 Å². The molecule has 3 amide bonds. The van der Waals surface area contributed by atoms with E-state index in [4.69, 9.17) is 4.74 Å². The molecule has 2 aliphatic heterocycles. The number of urea groups is 1. The van der Waals surface area contributed by atoms with E-state index in [0.29, 0.717) is 23.1 Å². The molecule has 0 spiro atoms. The van der Waals surface area contributed by atoms with Crippen LogP contribution in [-0.4, -0.2) is 58.9 Å². The lowest BCUT2D eigenvalue weighted by Crippen LogP contribution is -2.40. The lowest BCUT2D eigenvalue weighted by Gasteiger charge is -2.27. The number of anilines is 2. The van der Waals surface area contributed by atoms with Gasteiger partial charge in [0, 0.05) is 54.2 Å². The smallest absolute Gasteiger partial charge is 0.407 e. The van der Waals surface area contributed by atoms with E-state index in [1.165, 1.54) is 4.90 Å². The molecule has 38 heavy (non-hydrogen) atoms. The number of alkyl halides is 6. The van der Waals surface area contributed by atoms with Crippen LogP contribution in [0.2, 0.25) is 0 Å². The number of carbonyl (C=O) groups is 2. The molecule has 7 nitrogen and oxygen atoms in total. The maximum Gasteiger partial charge on any atom is 0.420 e. The van der Waals surface area contributed by atoms with Gasteiger partial charge in [0.1, 0.15) is 11.4 Å². The minimum atomic E-state index is -5.40. The average molecular weight is 567 g/mol. The summed E-state index contributed by atoms with van der Waals surface area (Å²) in [4.78, 5) is 28.6. The highest BCUT2D eigenvalue weighted by molar-refractivity contribution is 7.85. The highest BCUT2D eigenvalue weighted by Crippen LogP contribution is 2.47. The van der Waals surface area contributed by atoms with Gasteiger partial charge in [-0.1, -0.05) is 0 Å². The van der Waals surface area contributed by atoms with Crippen LogP contribution < -0.4 is 14.5 Å². The van der Waals surface area contributed by atoms with Crippen LogP contribution in [0.25, 0.3) is 0 Å². The summed E-state index contributed by atoms with van der Waals surface area (Å²) in [5.74, 6) is -1.48. The fourth-order valence-corrected chi connectivity index (χ4v) is 5.71. The van der Waals surface area contributed by atoms with Crippen molar-refractivity contribution < 1.29 is 49.3 Å². The summed E-state index contributed by atoms with van der Waals surface area (Å²) in [5, 5.41) is 0. The molecule has 2 aromatic carbocycles. The van der Waals surface area contributed by atoms with E-state index in [-0.39, 0.29) is 30.6 Å². The lowest BCUT2D eigenvalue weighted by atomic mass is 10.1. The fraction of sp³-hybridized carbons (Fsp3) is 0.391. The van der Waals surface area contributed by atoms with Crippen LogP contribution in [-0.2, 0) is 23.2 Å². The zero-order chi connectivity index (χ0) is 28.0. The summed E-state index contributed by atoms with van der Waals surface area (Å²) < 4.78 is 113. The van der Waals surface area contributed by atoms with Crippen molar-refractivity contribution in [2.75, 3.05) is 41.4 Å². The number of halogens is 7. The predicted octanol–water partition coefficient (Wildman–Crippen LogP) is 5.26. The van der Waals surface area contributed by atoms with Crippen LogP contribution in [0.3, 0.4) is 0 Å². The minimum absolute atomic E-state index is 0.0241. The Morgan fingerprint density at radius 3 is 2.26 bits per heavy atom. The molecule has 0 bridgehead atoms. The largest absolute Gasteiger partial charge is 0.420 e. The van der Waals surface area contributed by atoms with Gasteiger partial charge < -0.3 is 9.64 Å². The summed E-state index contributed by atoms with van der Waals surface area (Å²) in [6.45, 7) is -0.333. The number of hydrogen-bond donors (Lipinski definition) is 0. The molecule has 15 heteroatoms. The summed E-state index contributed by atoms with van der Waals surface area (Å²) in [7, 11) is -0.0893. The van der Waals surface area contributed by atoms with Gasteiger partial charge in [0.05, 0.1) is 11.3 Å². The summed E-state index contributed by atoms with van der Waals surface area (Å²) in [5.41, 5.74) is -4.47. The van der Waals surface area contributed by atoms with Crippen LogP contribution in [0.15, 0.2) is 36.4 Å². The zero-order valence-electron chi connectivity index (χ0n) is 19.6. The highest BCUT2D eigenvalue weighted by atomic mass is 32.2. The maximum atomic E-state index is 14.0. The van der Waals surface area contributed by atoms with E-state index >= 15 is 0 Å². The third-order valence-corrected chi connectivity index (χ3v) is 7.66. The van der Waals surface area contributed by atoms with Crippen LogP contribution in [0.4, 0.5) is 51.7 Å². The highest BCUT2D eigenvalue weighted by Gasteiger charge is 2.45. The monoisotopic (exact) mass is 567 g/mol. The SMILES string of the molecule is CN(C(=O)Oc1c(N2CCN(C3CCS(=O)C3)C2=O)cc(C(F)(F)F)cc1C(F)(F)F)c1ccc(F)cc1. The van der Waals surface area contributed by atoms with Gasteiger partial charge in [0.2, 0.25) is 0 Å². The van der Waals surface area contributed by atoms with Crippen molar-refractivity contribution in [1.29, 1.82) is 0 Å². The first kappa shape index (κ1) is 27.7. The molecule has 0 aliphatic carbocycles. The number of carbonyl (C=O) groups excluding carboxylic acids is 2. The number of amides is 3. The Morgan fingerprint density at radius 2 is 1.71 bits per heavy atom. The van der Waals surface area contributed by atoms with E-state index in [9.17, 15) is 44.5 Å². The summed E-state index contributed by atoms with van der Waals surface area (Å²) >= 11 is 0. The third-order valence-electron chi connectivity index (χ3n) is 6.21. The number of nitrogens with zero attached hydrogens (tertiary/aromatic N) is 3. The second kappa shape index (κ2) is 10.1. The molecule has 2 fully saturated rings. The molecule has 0 N–H and O–H groups in total. The number of hydrogen-bond acceptors (Lipinski definition) is 4.